The van der Waals surface area contributed by atoms with Crippen LogP contribution in [0.15, 0.2) is 72.1 Å². The number of carbonyl (C=O) groups is 1. The van der Waals surface area contributed by atoms with E-state index in [4.69, 9.17) is 0 Å². The highest BCUT2D eigenvalue weighted by atomic mass is 32.1. The average Bonchev–Trinajstić information content (AvgIpc) is 3.13. The Morgan fingerprint density at radius 2 is 1.88 bits per heavy atom. The fraction of sp³-hybridized carbons (Fsp3) is 0.105. The Hall–Kier alpha value is -2.66. The highest BCUT2D eigenvalue weighted by Gasteiger charge is 2.17. The number of halogens is 1. The number of benzene rings is 2. The van der Waals surface area contributed by atoms with Crippen LogP contribution in [-0.4, -0.2) is 12.5 Å². The second-order valence-corrected chi connectivity index (χ2v) is 6.27. The molecule has 2 N–H and O–H groups in total. The maximum Gasteiger partial charge on any atom is 0.240 e. The lowest BCUT2D eigenvalue weighted by molar-refractivity contribution is -0.119. The van der Waals surface area contributed by atoms with Gasteiger partial charge in [0.2, 0.25) is 5.91 Å². The van der Waals surface area contributed by atoms with Crippen LogP contribution in [0.3, 0.4) is 0 Å². The zero-order chi connectivity index (χ0) is 16.8. The van der Waals surface area contributed by atoms with Crippen molar-refractivity contribution in [3.8, 4) is 0 Å². The van der Waals surface area contributed by atoms with E-state index in [1.165, 1.54) is 12.1 Å². The number of nitrogens with one attached hydrogen (secondary N) is 2. The van der Waals surface area contributed by atoms with E-state index in [1.807, 2.05) is 47.8 Å². The molecule has 3 aromatic rings. The van der Waals surface area contributed by atoms with Gasteiger partial charge in [0.1, 0.15) is 5.82 Å². The molecule has 1 aromatic heterocycles. The normalized spacial score (nSPS) is 11.7. The molecule has 5 heteroatoms. The standard InChI is InChI=1S/C19H17FN2OS/c20-15-8-4-9-16(12-15)21-13-18(23)22-19(17-10-5-11-24-17)14-6-2-1-3-7-14/h1-12,19,21H,13H2,(H,22,23). The van der Waals surface area contributed by atoms with E-state index in [0.717, 1.165) is 10.4 Å². The number of thiophene rings is 1. The van der Waals surface area contributed by atoms with E-state index in [2.05, 4.69) is 10.6 Å². The summed E-state index contributed by atoms with van der Waals surface area (Å²) in [6.45, 7) is 0.0815. The minimum Gasteiger partial charge on any atom is -0.376 e. The molecule has 1 heterocycles. The van der Waals surface area contributed by atoms with Crippen LogP contribution in [0.2, 0.25) is 0 Å². The Bertz CT molecular complexity index is 790. The van der Waals surface area contributed by atoms with Crippen LogP contribution in [0.25, 0.3) is 0 Å². The number of rotatable bonds is 6. The van der Waals surface area contributed by atoms with Crippen molar-refractivity contribution in [1.29, 1.82) is 0 Å². The lowest BCUT2D eigenvalue weighted by Crippen LogP contribution is -2.33. The van der Waals surface area contributed by atoms with Crippen LogP contribution in [-0.2, 0) is 4.79 Å². The molecule has 1 atom stereocenters. The van der Waals surface area contributed by atoms with E-state index in [-0.39, 0.29) is 24.3 Å². The summed E-state index contributed by atoms with van der Waals surface area (Å²) in [5.74, 6) is -0.484. The molecule has 3 rings (SSSR count). The predicted octanol–water partition coefficient (Wildman–Crippen LogP) is 4.20. The smallest absolute Gasteiger partial charge is 0.240 e. The minimum absolute atomic E-state index is 0.0815. The maximum atomic E-state index is 13.2. The zero-order valence-corrected chi connectivity index (χ0v) is 13.7. The lowest BCUT2D eigenvalue weighted by Gasteiger charge is -2.18. The van der Waals surface area contributed by atoms with Gasteiger partial charge in [0.15, 0.2) is 0 Å². The molecule has 1 unspecified atom stereocenters. The number of anilines is 1. The van der Waals surface area contributed by atoms with Crippen LogP contribution in [0, 0.1) is 5.82 Å². The van der Waals surface area contributed by atoms with Gasteiger partial charge in [-0.05, 0) is 35.2 Å². The molecule has 0 spiro atoms. The topological polar surface area (TPSA) is 41.1 Å². The zero-order valence-electron chi connectivity index (χ0n) is 12.9. The van der Waals surface area contributed by atoms with Gasteiger partial charge < -0.3 is 10.6 Å². The molecule has 24 heavy (non-hydrogen) atoms. The van der Waals surface area contributed by atoms with Crippen molar-refractivity contribution in [2.45, 2.75) is 6.04 Å². The Labute approximate surface area is 144 Å². The Morgan fingerprint density at radius 1 is 1.04 bits per heavy atom. The third-order valence-corrected chi connectivity index (χ3v) is 4.48. The Balaban J connectivity index is 1.68. The highest BCUT2D eigenvalue weighted by molar-refractivity contribution is 7.10. The summed E-state index contributed by atoms with van der Waals surface area (Å²) in [6, 6.07) is 19.7. The molecule has 0 bridgehead atoms. The van der Waals surface area contributed by atoms with Gasteiger partial charge in [0.05, 0.1) is 12.6 Å². The summed E-state index contributed by atoms with van der Waals surface area (Å²) >= 11 is 1.60. The molecule has 0 saturated carbocycles. The van der Waals surface area contributed by atoms with Gasteiger partial charge in [-0.15, -0.1) is 11.3 Å². The largest absolute Gasteiger partial charge is 0.376 e. The highest BCUT2D eigenvalue weighted by Crippen LogP contribution is 2.25. The van der Waals surface area contributed by atoms with E-state index in [9.17, 15) is 9.18 Å². The van der Waals surface area contributed by atoms with Crippen LogP contribution in [0.1, 0.15) is 16.5 Å². The van der Waals surface area contributed by atoms with Crippen molar-refractivity contribution in [3.05, 3.63) is 88.4 Å². The van der Waals surface area contributed by atoms with Crippen molar-refractivity contribution < 1.29 is 9.18 Å². The number of amides is 1. The maximum absolute atomic E-state index is 13.2. The SMILES string of the molecule is O=C(CNc1cccc(F)c1)NC(c1ccccc1)c1cccs1. The molecular weight excluding hydrogens is 323 g/mol. The van der Waals surface area contributed by atoms with Crippen LogP contribution < -0.4 is 10.6 Å². The predicted molar refractivity (Wildman–Crippen MR) is 95.6 cm³/mol. The van der Waals surface area contributed by atoms with Crippen LogP contribution >= 0.6 is 11.3 Å². The number of hydrogen-bond donors (Lipinski definition) is 2. The number of hydrogen-bond acceptors (Lipinski definition) is 3. The van der Waals surface area contributed by atoms with E-state index in [1.54, 1.807) is 23.5 Å². The fourth-order valence-electron chi connectivity index (χ4n) is 2.41. The first-order valence-corrected chi connectivity index (χ1v) is 8.47. The van der Waals surface area contributed by atoms with Crippen molar-refractivity contribution in [3.63, 3.8) is 0 Å². The Morgan fingerprint density at radius 3 is 2.58 bits per heavy atom. The van der Waals surface area contributed by atoms with Gasteiger partial charge in [-0.25, -0.2) is 4.39 Å². The lowest BCUT2D eigenvalue weighted by atomic mass is 10.1. The molecule has 3 nitrogen and oxygen atoms in total. The summed E-state index contributed by atoms with van der Waals surface area (Å²) in [4.78, 5) is 13.4. The summed E-state index contributed by atoms with van der Waals surface area (Å²) in [5, 5.41) is 7.96. The van der Waals surface area contributed by atoms with E-state index >= 15 is 0 Å². The second kappa shape index (κ2) is 7.75. The molecule has 0 aliphatic heterocycles. The first-order valence-electron chi connectivity index (χ1n) is 7.59. The molecule has 0 saturated heterocycles. The fourth-order valence-corrected chi connectivity index (χ4v) is 3.22. The quantitative estimate of drug-likeness (QED) is 0.706. The van der Waals surface area contributed by atoms with Crippen molar-refractivity contribution in [2.75, 3.05) is 11.9 Å². The van der Waals surface area contributed by atoms with Gasteiger partial charge in [0, 0.05) is 10.6 Å². The average molecular weight is 340 g/mol. The molecule has 0 aliphatic carbocycles. The first kappa shape index (κ1) is 16.2. The van der Waals surface area contributed by atoms with Gasteiger partial charge in [0.25, 0.3) is 0 Å². The summed E-state index contributed by atoms with van der Waals surface area (Å²) in [6.07, 6.45) is 0. The van der Waals surface area contributed by atoms with E-state index in [0.29, 0.717) is 5.69 Å². The molecule has 0 radical (unpaired) electrons. The Kier molecular flexibility index (Phi) is 5.23. The van der Waals surface area contributed by atoms with Crippen molar-refractivity contribution in [1.82, 2.24) is 5.32 Å². The minimum atomic E-state index is -0.332. The third kappa shape index (κ3) is 4.20. The van der Waals surface area contributed by atoms with Crippen molar-refractivity contribution in [2.24, 2.45) is 0 Å². The van der Waals surface area contributed by atoms with Crippen molar-refractivity contribution >= 4 is 22.9 Å². The van der Waals surface area contributed by atoms with Gasteiger partial charge in [-0.2, -0.15) is 0 Å². The second-order valence-electron chi connectivity index (χ2n) is 5.29. The molecule has 0 fully saturated rings. The molecule has 1 amide bonds. The molecule has 122 valence electrons. The van der Waals surface area contributed by atoms with Crippen LogP contribution in [0.5, 0.6) is 0 Å². The molecular formula is C19H17FN2OS. The molecule has 2 aromatic carbocycles. The van der Waals surface area contributed by atoms with Gasteiger partial charge in [-0.3, -0.25) is 4.79 Å². The van der Waals surface area contributed by atoms with Crippen LogP contribution in [0.4, 0.5) is 10.1 Å². The number of carbonyl (C=O) groups excluding carboxylic acids is 1. The van der Waals surface area contributed by atoms with Gasteiger partial charge >= 0.3 is 0 Å². The third-order valence-electron chi connectivity index (χ3n) is 3.54. The summed E-state index contributed by atoms with van der Waals surface area (Å²) in [7, 11) is 0. The molecule has 0 aliphatic rings. The van der Waals surface area contributed by atoms with E-state index < -0.39 is 0 Å². The first-order chi connectivity index (χ1) is 11.7. The van der Waals surface area contributed by atoms with Gasteiger partial charge in [-0.1, -0.05) is 42.5 Å². The summed E-state index contributed by atoms with van der Waals surface area (Å²) in [5.41, 5.74) is 1.61. The monoisotopic (exact) mass is 340 g/mol. The summed E-state index contributed by atoms with van der Waals surface area (Å²) < 4.78 is 13.2.